The van der Waals surface area contributed by atoms with Gasteiger partial charge in [-0.1, -0.05) is 123 Å². The van der Waals surface area contributed by atoms with Gasteiger partial charge in [-0.25, -0.2) is 0 Å². The van der Waals surface area contributed by atoms with E-state index < -0.39 is 0 Å². The van der Waals surface area contributed by atoms with Crippen LogP contribution in [0.4, 0.5) is 34.1 Å². The Balaban J connectivity index is 1.21. The quantitative estimate of drug-likeness (QED) is 0.191. The summed E-state index contributed by atoms with van der Waals surface area (Å²) in [7, 11) is 0. The molecule has 0 aromatic heterocycles. The highest BCUT2D eigenvalue weighted by Crippen LogP contribution is 2.61. The van der Waals surface area contributed by atoms with Crippen LogP contribution in [0, 0.1) is 0 Å². The Morgan fingerprint density at radius 1 is 0.479 bits per heavy atom. The Labute approximate surface area is 281 Å². The zero-order chi connectivity index (χ0) is 32.2. The number of hydrogen-bond donors (Lipinski definition) is 0. The molecule has 230 valence electrons. The van der Waals surface area contributed by atoms with E-state index in [-0.39, 0.29) is 5.41 Å². The van der Waals surface area contributed by atoms with Crippen LogP contribution in [0.5, 0.6) is 11.5 Å². The van der Waals surface area contributed by atoms with Crippen LogP contribution in [-0.4, -0.2) is 0 Å². The van der Waals surface area contributed by atoms with Crippen molar-refractivity contribution < 1.29 is 4.74 Å². The third kappa shape index (κ3) is 4.43. The van der Waals surface area contributed by atoms with E-state index >= 15 is 0 Å². The van der Waals surface area contributed by atoms with E-state index in [4.69, 9.17) is 4.74 Å². The Morgan fingerprint density at radius 3 is 1.88 bits per heavy atom. The van der Waals surface area contributed by atoms with E-state index in [9.17, 15) is 0 Å². The van der Waals surface area contributed by atoms with Gasteiger partial charge in [-0.3, -0.25) is 0 Å². The van der Waals surface area contributed by atoms with Gasteiger partial charge in [0.15, 0.2) is 11.5 Å². The molecule has 48 heavy (non-hydrogen) atoms. The van der Waals surface area contributed by atoms with Gasteiger partial charge in [0.05, 0.1) is 17.1 Å². The van der Waals surface area contributed by atoms with E-state index in [2.05, 4.69) is 187 Å². The molecule has 0 aliphatic carbocycles. The number of para-hydroxylation sites is 4. The number of fused-ring (bicyclic) bond motifs is 4. The molecular weight excluding hydrogens is 585 g/mol. The lowest BCUT2D eigenvalue weighted by molar-refractivity contribution is 0.471. The van der Waals surface area contributed by atoms with Gasteiger partial charge in [0.2, 0.25) is 0 Å². The van der Waals surface area contributed by atoms with Crippen molar-refractivity contribution in [1.29, 1.82) is 0 Å². The molecule has 0 saturated carbocycles. The van der Waals surface area contributed by atoms with Gasteiger partial charge in [0.25, 0.3) is 0 Å². The minimum absolute atomic E-state index is 0.272. The van der Waals surface area contributed by atoms with Gasteiger partial charge in [0, 0.05) is 22.5 Å². The molecule has 2 aliphatic heterocycles. The first-order chi connectivity index (χ1) is 23.6. The van der Waals surface area contributed by atoms with E-state index in [0.29, 0.717) is 0 Å². The minimum Gasteiger partial charge on any atom is -0.453 e. The summed E-state index contributed by atoms with van der Waals surface area (Å²) >= 11 is 0. The second-order valence-corrected chi connectivity index (χ2v) is 13.0. The number of ether oxygens (including phenoxy) is 1. The number of nitrogens with zero attached hydrogens (tertiary/aromatic N) is 2. The molecule has 0 spiro atoms. The Morgan fingerprint density at radius 2 is 1.08 bits per heavy atom. The van der Waals surface area contributed by atoms with Gasteiger partial charge < -0.3 is 14.5 Å². The molecule has 2 aliphatic rings. The lowest BCUT2D eigenvalue weighted by atomic mass is 9.70. The van der Waals surface area contributed by atoms with Crippen LogP contribution >= 0.6 is 0 Å². The van der Waals surface area contributed by atoms with E-state index in [1.165, 1.54) is 39.1 Å². The average molecular weight is 619 g/mol. The highest BCUT2D eigenvalue weighted by Gasteiger charge is 2.43. The van der Waals surface area contributed by atoms with Crippen LogP contribution < -0.4 is 14.5 Å². The molecule has 0 N–H and O–H groups in total. The first-order valence-electron chi connectivity index (χ1n) is 16.5. The molecular formula is C45H34N2O. The maximum Gasteiger partial charge on any atom is 0.151 e. The fourth-order valence-corrected chi connectivity index (χ4v) is 7.57. The largest absolute Gasteiger partial charge is 0.453 e. The number of benzene rings is 7. The average Bonchev–Trinajstić information content (AvgIpc) is 3.14. The summed E-state index contributed by atoms with van der Waals surface area (Å²) in [6.07, 6.45) is 0. The second kappa shape index (κ2) is 11.0. The Kier molecular flexibility index (Phi) is 6.48. The zero-order valence-electron chi connectivity index (χ0n) is 27.0. The SMILES string of the molecule is CC1(C)c2ccccc2N2c3ccccc3Oc3ccc(-c4cccc(N(c5ccccc5)c5ccc(-c6ccccc6)cc5)c4)c1c32. The molecule has 7 aromatic carbocycles. The first kappa shape index (κ1) is 28.2. The summed E-state index contributed by atoms with van der Waals surface area (Å²) < 4.78 is 6.59. The monoisotopic (exact) mass is 618 g/mol. The summed E-state index contributed by atoms with van der Waals surface area (Å²) in [5.41, 5.74) is 13.8. The molecule has 0 radical (unpaired) electrons. The maximum atomic E-state index is 6.59. The van der Waals surface area contributed by atoms with Gasteiger partial charge in [-0.2, -0.15) is 0 Å². The highest BCUT2D eigenvalue weighted by atomic mass is 16.5. The summed E-state index contributed by atoms with van der Waals surface area (Å²) in [4.78, 5) is 4.75. The number of hydrogen-bond acceptors (Lipinski definition) is 3. The van der Waals surface area contributed by atoms with Gasteiger partial charge in [0.1, 0.15) is 0 Å². The molecule has 0 atom stereocenters. The third-order valence-electron chi connectivity index (χ3n) is 9.80. The van der Waals surface area contributed by atoms with Crippen molar-refractivity contribution in [2.24, 2.45) is 0 Å². The summed E-state index contributed by atoms with van der Waals surface area (Å²) in [5.74, 6) is 1.76. The predicted molar refractivity (Wildman–Crippen MR) is 199 cm³/mol. The van der Waals surface area contributed by atoms with Crippen LogP contribution in [0.3, 0.4) is 0 Å². The predicted octanol–water partition coefficient (Wildman–Crippen LogP) is 12.7. The minimum atomic E-state index is -0.272. The fraction of sp³-hybridized carbons (Fsp3) is 0.0667. The summed E-state index contributed by atoms with van der Waals surface area (Å²) in [5, 5.41) is 0. The van der Waals surface area contributed by atoms with Crippen molar-refractivity contribution in [1.82, 2.24) is 0 Å². The van der Waals surface area contributed by atoms with E-state index in [1.54, 1.807) is 0 Å². The Bertz CT molecular complexity index is 2290. The van der Waals surface area contributed by atoms with Crippen molar-refractivity contribution in [3.8, 4) is 33.8 Å². The first-order valence-corrected chi connectivity index (χ1v) is 16.5. The molecule has 3 heteroatoms. The molecule has 0 saturated heterocycles. The van der Waals surface area contributed by atoms with Crippen LogP contribution in [0.1, 0.15) is 25.0 Å². The molecule has 2 heterocycles. The van der Waals surface area contributed by atoms with Crippen LogP contribution in [-0.2, 0) is 5.41 Å². The van der Waals surface area contributed by atoms with Crippen molar-refractivity contribution in [2.75, 3.05) is 9.80 Å². The molecule has 0 bridgehead atoms. The van der Waals surface area contributed by atoms with Crippen LogP contribution in [0.2, 0.25) is 0 Å². The van der Waals surface area contributed by atoms with Crippen molar-refractivity contribution in [3.63, 3.8) is 0 Å². The summed E-state index contributed by atoms with van der Waals surface area (Å²) in [6, 6.07) is 60.5. The molecule has 7 aromatic rings. The molecule has 0 fully saturated rings. The van der Waals surface area contributed by atoms with E-state index in [0.717, 1.165) is 39.9 Å². The number of rotatable bonds is 5. The van der Waals surface area contributed by atoms with Crippen molar-refractivity contribution in [3.05, 3.63) is 181 Å². The van der Waals surface area contributed by atoms with Crippen molar-refractivity contribution >= 4 is 34.1 Å². The zero-order valence-corrected chi connectivity index (χ0v) is 27.0. The van der Waals surface area contributed by atoms with Crippen molar-refractivity contribution in [2.45, 2.75) is 19.3 Å². The topological polar surface area (TPSA) is 15.7 Å². The molecule has 0 unspecified atom stereocenters. The van der Waals surface area contributed by atoms with Gasteiger partial charge in [-0.15, -0.1) is 0 Å². The standard InChI is InChI=1S/C45H34N2O/c1-45(2)38-20-9-10-21-39(38)47-40-22-11-12-23-41(40)48-42-29-28-37(43(45)44(42)47)33-16-13-19-36(30-33)46(34-17-7-4-8-18-34)35-26-24-32(25-27-35)31-14-5-3-6-15-31/h3-30H,1-2H3. The lowest BCUT2D eigenvalue weighted by Gasteiger charge is -2.45. The molecule has 3 nitrogen and oxygen atoms in total. The smallest absolute Gasteiger partial charge is 0.151 e. The van der Waals surface area contributed by atoms with E-state index in [1.807, 2.05) is 6.07 Å². The molecule has 9 rings (SSSR count). The van der Waals surface area contributed by atoms with Gasteiger partial charge >= 0.3 is 0 Å². The lowest BCUT2D eigenvalue weighted by Crippen LogP contribution is -2.33. The second-order valence-electron chi connectivity index (χ2n) is 13.0. The van der Waals surface area contributed by atoms with Gasteiger partial charge in [-0.05, 0) is 94.0 Å². The fourth-order valence-electron chi connectivity index (χ4n) is 7.57. The summed E-state index contributed by atoms with van der Waals surface area (Å²) in [6.45, 7) is 4.69. The Hall–Kier alpha value is -6.06. The number of anilines is 6. The van der Waals surface area contributed by atoms with Crippen LogP contribution in [0.25, 0.3) is 22.3 Å². The third-order valence-corrected chi connectivity index (χ3v) is 9.80. The normalized spacial score (nSPS) is 13.5. The maximum absolute atomic E-state index is 6.59. The molecule has 0 amide bonds. The van der Waals surface area contributed by atoms with Crippen LogP contribution in [0.15, 0.2) is 170 Å². The highest BCUT2D eigenvalue weighted by molar-refractivity contribution is 5.97.